The molecule has 0 spiro atoms. The van der Waals surface area contributed by atoms with Gasteiger partial charge in [-0.25, -0.2) is 4.39 Å². The molecule has 0 aliphatic heterocycles. The van der Waals surface area contributed by atoms with E-state index in [4.69, 9.17) is 16.3 Å². The highest BCUT2D eigenvalue weighted by Crippen LogP contribution is 2.28. The fourth-order valence-corrected chi connectivity index (χ4v) is 1.84. The van der Waals surface area contributed by atoms with Gasteiger partial charge < -0.3 is 10.1 Å². The van der Waals surface area contributed by atoms with Gasteiger partial charge in [-0.1, -0.05) is 23.7 Å². The van der Waals surface area contributed by atoms with Crippen LogP contribution in [0.2, 0.25) is 5.02 Å². The topological polar surface area (TPSA) is 81.5 Å². The van der Waals surface area contributed by atoms with E-state index in [9.17, 15) is 19.3 Å². The number of nitrogens with one attached hydrogen (secondary N) is 1. The molecule has 22 heavy (non-hydrogen) atoms. The van der Waals surface area contributed by atoms with E-state index in [1.165, 1.54) is 30.3 Å². The van der Waals surface area contributed by atoms with Gasteiger partial charge in [0.25, 0.3) is 11.6 Å². The van der Waals surface area contributed by atoms with Crippen LogP contribution in [-0.4, -0.2) is 17.4 Å². The lowest BCUT2D eigenvalue weighted by molar-refractivity contribution is -0.384. The van der Waals surface area contributed by atoms with Crippen molar-refractivity contribution < 1.29 is 18.8 Å². The van der Waals surface area contributed by atoms with Crippen LogP contribution in [0.4, 0.5) is 15.8 Å². The zero-order valence-electron chi connectivity index (χ0n) is 11.1. The first-order valence-corrected chi connectivity index (χ1v) is 6.46. The van der Waals surface area contributed by atoms with Crippen molar-refractivity contribution in [2.45, 2.75) is 0 Å². The molecular formula is C14H10ClFN2O4. The summed E-state index contributed by atoms with van der Waals surface area (Å²) >= 11 is 5.82. The van der Waals surface area contributed by atoms with Crippen molar-refractivity contribution in [3.63, 3.8) is 0 Å². The molecule has 0 saturated heterocycles. The lowest BCUT2D eigenvalue weighted by atomic mass is 10.3. The molecule has 2 rings (SSSR count). The standard InChI is InChI=1S/C14H10ClFN2O4/c15-10-7-9(18(20)21)5-6-13(10)22-8-14(19)17-12-4-2-1-3-11(12)16/h1-7H,8H2,(H,17,19). The van der Waals surface area contributed by atoms with Crippen LogP contribution in [0.5, 0.6) is 5.75 Å². The fraction of sp³-hybridized carbons (Fsp3) is 0.0714. The van der Waals surface area contributed by atoms with Gasteiger partial charge in [0, 0.05) is 12.1 Å². The molecule has 1 N–H and O–H groups in total. The van der Waals surface area contributed by atoms with Gasteiger partial charge in [-0.3, -0.25) is 14.9 Å². The molecule has 0 atom stereocenters. The number of carbonyl (C=O) groups excluding carboxylic acids is 1. The van der Waals surface area contributed by atoms with Crippen molar-refractivity contribution in [1.82, 2.24) is 0 Å². The molecule has 0 saturated carbocycles. The van der Waals surface area contributed by atoms with Gasteiger partial charge in [0.05, 0.1) is 15.6 Å². The summed E-state index contributed by atoms with van der Waals surface area (Å²) in [5.41, 5.74) is -0.154. The van der Waals surface area contributed by atoms with Crippen molar-refractivity contribution in [2.75, 3.05) is 11.9 Å². The summed E-state index contributed by atoms with van der Waals surface area (Å²) in [6.45, 7) is -0.411. The molecule has 2 aromatic rings. The first-order chi connectivity index (χ1) is 10.5. The summed E-state index contributed by atoms with van der Waals surface area (Å²) in [4.78, 5) is 21.6. The van der Waals surface area contributed by atoms with Crippen LogP contribution in [0.3, 0.4) is 0 Å². The molecule has 0 fully saturated rings. The molecular weight excluding hydrogens is 315 g/mol. The maximum absolute atomic E-state index is 13.4. The van der Waals surface area contributed by atoms with Gasteiger partial charge in [-0.2, -0.15) is 0 Å². The lowest BCUT2D eigenvalue weighted by Crippen LogP contribution is -2.20. The van der Waals surface area contributed by atoms with E-state index < -0.39 is 23.3 Å². The van der Waals surface area contributed by atoms with E-state index in [1.807, 2.05) is 0 Å². The summed E-state index contributed by atoms with van der Waals surface area (Å²) in [6.07, 6.45) is 0. The maximum atomic E-state index is 13.4. The monoisotopic (exact) mass is 324 g/mol. The Morgan fingerprint density at radius 1 is 1.32 bits per heavy atom. The third-order valence-corrected chi connectivity index (χ3v) is 2.93. The minimum Gasteiger partial charge on any atom is -0.482 e. The van der Waals surface area contributed by atoms with Gasteiger partial charge in [-0.15, -0.1) is 0 Å². The third kappa shape index (κ3) is 3.92. The number of amides is 1. The van der Waals surface area contributed by atoms with Crippen LogP contribution >= 0.6 is 11.6 Å². The number of carbonyl (C=O) groups is 1. The molecule has 0 aromatic heterocycles. The largest absolute Gasteiger partial charge is 0.482 e. The summed E-state index contributed by atoms with van der Waals surface area (Å²) < 4.78 is 18.5. The van der Waals surface area contributed by atoms with Crippen LogP contribution in [0.25, 0.3) is 0 Å². The highest BCUT2D eigenvalue weighted by atomic mass is 35.5. The molecule has 0 radical (unpaired) electrons. The molecule has 2 aromatic carbocycles. The second-order valence-corrected chi connectivity index (χ2v) is 4.60. The SMILES string of the molecule is O=C(COc1ccc([N+](=O)[O-])cc1Cl)Nc1ccccc1F. The normalized spacial score (nSPS) is 10.1. The van der Waals surface area contributed by atoms with Crippen molar-refractivity contribution in [3.8, 4) is 5.75 Å². The predicted molar refractivity (Wildman–Crippen MR) is 78.6 cm³/mol. The number of rotatable bonds is 5. The minimum absolute atomic E-state index is 0.00731. The Labute approximate surface area is 129 Å². The maximum Gasteiger partial charge on any atom is 0.271 e. The Bertz CT molecular complexity index is 724. The molecule has 0 aliphatic rings. The van der Waals surface area contributed by atoms with Crippen LogP contribution in [0.1, 0.15) is 0 Å². The summed E-state index contributed by atoms with van der Waals surface area (Å²) in [6, 6.07) is 9.30. The second-order valence-electron chi connectivity index (χ2n) is 4.19. The average Bonchev–Trinajstić information content (AvgIpc) is 2.48. The van der Waals surface area contributed by atoms with Crippen LogP contribution < -0.4 is 10.1 Å². The Balaban J connectivity index is 1.97. The molecule has 6 nitrogen and oxygen atoms in total. The Hall–Kier alpha value is -2.67. The third-order valence-electron chi connectivity index (χ3n) is 2.63. The second kappa shape index (κ2) is 6.86. The van der Waals surface area contributed by atoms with Crippen molar-refractivity contribution in [1.29, 1.82) is 0 Å². The number of nitrogens with zero attached hydrogens (tertiary/aromatic N) is 1. The highest BCUT2D eigenvalue weighted by molar-refractivity contribution is 6.32. The molecule has 0 unspecified atom stereocenters. The number of hydrogen-bond acceptors (Lipinski definition) is 4. The number of halogens is 2. The lowest BCUT2D eigenvalue weighted by Gasteiger charge is -2.09. The Morgan fingerprint density at radius 3 is 2.68 bits per heavy atom. The van der Waals surface area contributed by atoms with E-state index in [0.717, 1.165) is 6.07 Å². The summed E-state index contributed by atoms with van der Waals surface area (Å²) in [7, 11) is 0. The number of anilines is 1. The van der Waals surface area contributed by atoms with E-state index >= 15 is 0 Å². The number of para-hydroxylation sites is 1. The van der Waals surface area contributed by atoms with E-state index in [2.05, 4.69) is 5.32 Å². The first-order valence-electron chi connectivity index (χ1n) is 6.08. The van der Waals surface area contributed by atoms with Gasteiger partial charge in [0.2, 0.25) is 0 Å². The summed E-state index contributed by atoms with van der Waals surface area (Å²) in [5.74, 6) is -1.03. The van der Waals surface area contributed by atoms with Crippen LogP contribution in [0, 0.1) is 15.9 Å². The Kier molecular flexibility index (Phi) is 4.90. The van der Waals surface area contributed by atoms with Gasteiger partial charge in [0.1, 0.15) is 11.6 Å². The molecule has 0 bridgehead atoms. The predicted octanol–water partition coefficient (Wildman–Crippen LogP) is 3.40. The van der Waals surface area contributed by atoms with Crippen LogP contribution in [-0.2, 0) is 4.79 Å². The van der Waals surface area contributed by atoms with Crippen molar-refractivity contribution in [2.24, 2.45) is 0 Å². The quantitative estimate of drug-likeness (QED) is 0.675. The van der Waals surface area contributed by atoms with Crippen molar-refractivity contribution >= 4 is 28.9 Å². The smallest absolute Gasteiger partial charge is 0.271 e. The molecule has 0 heterocycles. The van der Waals surface area contributed by atoms with E-state index in [-0.39, 0.29) is 22.1 Å². The van der Waals surface area contributed by atoms with E-state index in [1.54, 1.807) is 6.07 Å². The van der Waals surface area contributed by atoms with Gasteiger partial charge in [-0.05, 0) is 18.2 Å². The summed E-state index contributed by atoms with van der Waals surface area (Å²) in [5, 5.41) is 12.9. The highest BCUT2D eigenvalue weighted by Gasteiger charge is 2.12. The minimum atomic E-state index is -0.597. The number of hydrogen-bond donors (Lipinski definition) is 1. The van der Waals surface area contributed by atoms with Gasteiger partial charge >= 0.3 is 0 Å². The average molecular weight is 325 g/mol. The number of ether oxygens (including phenoxy) is 1. The van der Waals surface area contributed by atoms with Crippen molar-refractivity contribution in [3.05, 3.63) is 63.4 Å². The van der Waals surface area contributed by atoms with Gasteiger partial charge in [0.15, 0.2) is 6.61 Å². The van der Waals surface area contributed by atoms with Crippen LogP contribution in [0.15, 0.2) is 42.5 Å². The number of nitro groups is 1. The number of non-ortho nitro benzene ring substituents is 1. The first kappa shape index (κ1) is 15.7. The zero-order chi connectivity index (χ0) is 16.1. The fourth-order valence-electron chi connectivity index (χ4n) is 1.61. The molecule has 8 heteroatoms. The van der Waals surface area contributed by atoms with E-state index in [0.29, 0.717) is 0 Å². The molecule has 0 aliphatic carbocycles. The number of nitro benzene ring substituents is 1. The zero-order valence-corrected chi connectivity index (χ0v) is 11.8. The molecule has 114 valence electrons. The Morgan fingerprint density at radius 2 is 2.05 bits per heavy atom. The number of benzene rings is 2. The molecule has 1 amide bonds.